The maximum Gasteiger partial charge on any atom is 0.123 e. The number of hydrogen-bond donors (Lipinski definition) is 1. The van der Waals surface area contributed by atoms with Crippen LogP contribution in [-0.4, -0.2) is 12.4 Å². The molecular weight excluding hydrogens is 177 g/mol. The molecule has 0 heterocycles. The lowest BCUT2D eigenvalue weighted by Gasteiger charge is -2.06. The predicted octanol–water partition coefficient (Wildman–Crippen LogP) is 2.78. The average Bonchev–Trinajstić information content (AvgIpc) is 2.03. The number of aryl methyl sites for hydroxylation is 1. The Morgan fingerprint density at radius 1 is 1.50 bits per heavy atom. The van der Waals surface area contributed by atoms with E-state index in [9.17, 15) is 4.39 Å². The molecule has 0 unspecified atom stereocenters. The van der Waals surface area contributed by atoms with Crippen LogP contribution in [0.4, 0.5) is 10.1 Å². The normalized spacial score (nSPS) is 9.92. The minimum Gasteiger partial charge on any atom is -0.384 e. The number of nitrogens with one attached hydrogen (secondary N) is 1. The maximum absolute atomic E-state index is 12.6. The third-order valence-corrected chi connectivity index (χ3v) is 1.79. The Kier molecular flexibility index (Phi) is 3.35. The summed E-state index contributed by atoms with van der Waals surface area (Å²) in [5.74, 6) is 0.348. The molecule has 0 aromatic heterocycles. The van der Waals surface area contributed by atoms with Gasteiger partial charge in [0, 0.05) is 18.1 Å². The van der Waals surface area contributed by atoms with E-state index in [0.717, 1.165) is 11.3 Å². The first-order valence-corrected chi connectivity index (χ1v) is 4.33. The van der Waals surface area contributed by atoms with Crippen LogP contribution in [0.3, 0.4) is 0 Å². The highest BCUT2D eigenvalue weighted by Gasteiger charge is 1.97. The minimum absolute atomic E-state index is 0.205. The lowest BCUT2D eigenvalue weighted by atomic mass is 10.2. The van der Waals surface area contributed by atoms with E-state index in [1.807, 2.05) is 6.92 Å². The van der Waals surface area contributed by atoms with Crippen LogP contribution in [0.15, 0.2) is 18.2 Å². The zero-order chi connectivity index (χ0) is 8.97. The molecule has 0 saturated heterocycles. The molecule has 0 aliphatic rings. The Labute approximate surface area is 76.5 Å². The van der Waals surface area contributed by atoms with Gasteiger partial charge in [-0.1, -0.05) is 0 Å². The Balaban J connectivity index is 2.72. The fourth-order valence-corrected chi connectivity index (χ4v) is 1.10. The first-order valence-electron chi connectivity index (χ1n) is 3.80. The van der Waals surface area contributed by atoms with Gasteiger partial charge in [-0.05, 0) is 30.7 Å². The molecule has 0 saturated carbocycles. The van der Waals surface area contributed by atoms with Crippen LogP contribution in [-0.2, 0) is 0 Å². The van der Waals surface area contributed by atoms with E-state index in [1.165, 1.54) is 12.1 Å². The van der Waals surface area contributed by atoms with Gasteiger partial charge in [0.1, 0.15) is 5.82 Å². The molecule has 0 radical (unpaired) electrons. The van der Waals surface area contributed by atoms with E-state index in [1.54, 1.807) is 6.07 Å². The second-order valence-corrected chi connectivity index (χ2v) is 2.95. The fourth-order valence-electron chi connectivity index (χ4n) is 1.01. The smallest absolute Gasteiger partial charge is 0.123 e. The molecule has 0 atom stereocenters. The van der Waals surface area contributed by atoms with Gasteiger partial charge in [0.05, 0.1) is 0 Å². The summed E-state index contributed by atoms with van der Waals surface area (Å²) in [6.45, 7) is 2.56. The quantitative estimate of drug-likeness (QED) is 0.718. The highest BCUT2D eigenvalue weighted by Crippen LogP contribution is 2.14. The number of halogens is 2. The second kappa shape index (κ2) is 4.31. The molecule has 1 aromatic carbocycles. The molecule has 3 heteroatoms. The van der Waals surface area contributed by atoms with Crippen LogP contribution in [0, 0.1) is 12.7 Å². The standard InChI is InChI=1S/C9H11ClFN/c1-7-6-8(11)2-3-9(7)12-5-4-10/h2-3,6,12H,4-5H2,1H3. The van der Waals surface area contributed by atoms with Gasteiger partial charge < -0.3 is 5.32 Å². The van der Waals surface area contributed by atoms with Crippen molar-refractivity contribution in [1.82, 2.24) is 0 Å². The van der Waals surface area contributed by atoms with Gasteiger partial charge >= 0.3 is 0 Å². The summed E-state index contributed by atoms with van der Waals surface area (Å²) in [6, 6.07) is 4.65. The van der Waals surface area contributed by atoms with Crippen LogP contribution in [0.2, 0.25) is 0 Å². The fraction of sp³-hybridized carbons (Fsp3) is 0.333. The topological polar surface area (TPSA) is 12.0 Å². The number of rotatable bonds is 3. The maximum atomic E-state index is 12.6. The summed E-state index contributed by atoms with van der Waals surface area (Å²) in [6.07, 6.45) is 0. The minimum atomic E-state index is -0.205. The van der Waals surface area contributed by atoms with Gasteiger partial charge in [0.25, 0.3) is 0 Å². The van der Waals surface area contributed by atoms with Crippen LogP contribution < -0.4 is 5.32 Å². The molecule has 0 aliphatic heterocycles. The second-order valence-electron chi connectivity index (χ2n) is 2.58. The van der Waals surface area contributed by atoms with Crippen LogP contribution >= 0.6 is 11.6 Å². The summed E-state index contributed by atoms with van der Waals surface area (Å²) >= 11 is 5.50. The highest BCUT2D eigenvalue weighted by atomic mass is 35.5. The van der Waals surface area contributed by atoms with Gasteiger partial charge in [-0.15, -0.1) is 11.6 Å². The Morgan fingerprint density at radius 3 is 2.83 bits per heavy atom. The molecule has 1 N–H and O–H groups in total. The zero-order valence-electron chi connectivity index (χ0n) is 6.90. The summed E-state index contributed by atoms with van der Waals surface area (Å²) in [7, 11) is 0. The molecule has 1 aromatic rings. The van der Waals surface area contributed by atoms with Gasteiger partial charge in [0.15, 0.2) is 0 Å². The molecule has 0 amide bonds. The van der Waals surface area contributed by atoms with Gasteiger partial charge in [-0.25, -0.2) is 4.39 Å². The van der Waals surface area contributed by atoms with Crippen molar-refractivity contribution in [2.24, 2.45) is 0 Å². The van der Waals surface area contributed by atoms with Crippen LogP contribution in [0.25, 0.3) is 0 Å². The lowest BCUT2D eigenvalue weighted by molar-refractivity contribution is 0.627. The summed E-state index contributed by atoms with van der Waals surface area (Å²) < 4.78 is 12.6. The van der Waals surface area contributed by atoms with E-state index in [-0.39, 0.29) is 5.82 Å². The summed E-state index contributed by atoms with van der Waals surface area (Å²) in [4.78, 5) is 0. The molecule has 1 nitrogen and oxygen atoms in total. The van der Waals surface area contributed by atoms with Crippen molar-refractivity contribution in [2.45, 2.75) is 6.92 Å². The third-order valence-electron chi connectivity index (χ3n) is 1.60. The monoisotopic (exact) mass is 187 g/mol. The number of anilines is 1. The number of hydrogen-bond acceptors (Lipinski definition) is 1. The van der Waals surface area contributed by atoms with E-state index in [0.29, 0.717) is 12.4 Å². The van der Waals surface area contributed by atoms with Crippen molar-refractivity contribution in [3.05, 3.63) is 29.6 Å². The largest absolute Gasteiger partial charge is 0.384 e. The molecular formula is C9H11ClFN. The molecule has 0 aliphatic carbocycles. The first-order chi connectivity index (χ1) is 5.74. The highest BCUT2D eigenvalue weighted by molar-refractivity contribution is 6.18. The molecule has 0 spiro atoms. The number of alkyl halides is 1. The predicted molar refractivity (Wildman–Crippen MR) is 50.3 cm³/mol. The first kappa shape index (κ1) is 9.33. The number of benzene rings is 1. The average molecular weight is 188 g/mol. The SMILES string of the molecule is Cc1cc(F)ccc1NCCCl. The van der Waals surface area contributed by atoms with Crippen molar-refractivity contribution < 1.29 is 4.39 Å². The molecule has 0 fully saturated rings. The Hall–Kier alpha value is -0.760. The van der Waals surface area contributed by atoms with E-state index in [2.05, 4.69) is 5.32 Å². The summed E-state index contributed by atoms with van der Waals surface area (Å²) in [5.41, 5.74) is 1.84. The molecule has 1 rings (SSSR count). The Bertz CT molecular complexity index is 263. The van der Waals surface area contributed by atoms with Gasteiger partial charge in [-0.3, -0.25) is 0 Å². The van der Waals surface area contributed by atoms with E-state index >= 15 is 0 Å². The Morgan fingerprint density at radius 2 is 2.25 bits per heavy atom. The summed E-state index contributed by atoms with van der Waals surface area (Å²) in [5, 5.41) is 3.09. The molecule has 0 bridgehead atoms. The lowest BCUT2D eigenvalue weighted by Crippen LogP contribution is -2.03. The van der Waals surface area contributed by atoms with Crippen molar-refractivity contribution >= 4 is 17.3 Å². The van der Waals surface area contributed by atoms with E-state index < -0.39 is 0 Å². The van der Waals surface area contributed by atoms with E-state index in [4.69, 9.17) is 11.6 Å². The third kappa shape index (κ3) is 2.38. The van der Waals surface area contributed by atoms with Crippen molar-refractivity contribution in [3.63, 3.8) is 0 Å². The zero-order valence-corrected chi connectivity index (χ0v) is 7.66. The van der Waals surface area contributed by atoms with Crippen molar-refractivity contribution in [2.75, 3.05) is 17.7 Å². The van der Waals surface area contributed by atoms with Crippen LogP contribution in [0.1, 0.15) is 5.56 Å². The van der Waals surface area contributed by atoms with Crippen molar-refractivity contribution in [1.29, 1.82) is 0 Å². The van der Waals surface area contributed by atoms with Crippen LogP contribution in [0.5, 0.6) is 0 Å². The molecule has 66 valence electrons. The van der Waals surface area contributed by atoms with Gasteiger partial charge in [0.2, 0.25) is 0 Å². The molecule has 12 heavy (non-hydrogen) atoms. The van der Waals surface area contributed by atoms with Gasteiger partial charge in [-0.2, -0.15) is 0 Å². The van der Waals surface area contributed by atoms with Crippen molar-refractivity contribution in [3.8, 4) is 0 Å².